The number of urea groups is 1. The molecule has 0 bridgehead atoms. The molecule has 1 aliphatic rings. The third-order valence-corrected chi connectivity index (χ3v) is 3.71. The van der Waals surface area contributed by atoms with Gasteiger partial charge in [-0.25, -0.2) is 4.79 Å². The van der Waals surface area contributed by atoms with Crippen LogP contribution in [0.15, 0.2) is 18.2 Å². The van der Waals surface area contributed by atoms with Crippen molar-refractivity contribution < 1.29 is 14.6 Å². The quantitative estimate of drug-likeness (QED) is 0.448. The summed E-state index contributed by atoms with van der Waals surface area (Å²) in [5.41, 5.74) is 3.77. The molecule has 1 aromatic carbocycles. The second-order valence-corrected chi connectivity index (χ2v) is 5.37. The lowest BCUT2D eigenvalue weighted by Crippen LogP contribution is -2.42. The summed E-state index contributed by atoms with van der Waals surface area (Å²) in [6.07, 6.45) is 1.95. The average Bonchev–Trinajstić information content (AvgIpc) is 2.58. The fourth-order valence-corrected chi connectivity index (χ4v) is 2.38. The maximum Gasteiger partial charge on any atom is 0.333 e. The van der Waals surface area contributed by atoms with Crippen LogP contribution in [0.3, 0.4) is 0 Å². The van der Waals surface area contributed by atoms with Crippen molar-refractivity contribution in [3.8, 4) is 0 Å². The van der Waals surface area contributed by atoms with Gasteiger partial charge in [-0.15, -0.1) is 0 Å². The van der Waals surface area contributed by atoms with E-state index in [0.29, 0.717) is 12.5 Å². The Morgan fingerprint density at radius 3 is 2.54 bits per heavy atom. The molecule has 130 valence electrons. The second-order valence-electron chi connectivity index (χ2n) is 5.37. The molecule has 1 fully saturated rings. The molecule has 0 atom stereocenters. The van der Waals surface area contributed by atoms with Crippen molar-refractivity contribution in [2.75, 3.05) is 25.1 Å². The highest BCUT2D eigenvalue weighted by atomic mass is 16.6. The maximum atomic E-state index is 11.7. The van der Waals surface area contributed by atoms with Crippen LogP contribution in [0.5, 0.6) is 0 Å². The van der Waals surface area contributed by atoms with Gasteiger partial charge in [-0.3, -0.25) is 31.1 Å². The summed E-state index contributed by atoms with van der Waals surface area (Å²) in [6.45, 7) is 2.35. The van der Waals surface area contributed by atoms with Crippen molar-refractivity contribution in [1.82, 2.24) is 16.1 Å². The van der Waals surface area contributed by atoms with Crippen LogP contribution >= 0.6 is 0 Å². The predicted molar refractivity (Wildman–Crippen MR) is 85.5 cm³/mol. The molecule has 24 heavy (non-hydrogen) atoms. The molecule has 0 saturated carbocycles. The topological polar surface area (TPSA) is 151 Å². The van der Waals surface area contributed by atoms with Crippen LogP contribution in [0.1, 0.15) is 12.8 Å². The monoisotopic (exact) mass is 338 g/mol. The van der Waals surface area contributed by atoms with Gasteiger partial charge in [0.05, 0.1) is 15.9 Å². The van der Waals surface area contributed by atoms with Crippen molar-refractivity contribution in [2.45, 2.75) is 12.8 Å². The minimum atomic E-state index is -0.760. The summed E-state index contributed by atoms with van der Waals surface area (Å²) in [5.74, 6) is 0.394. The third kappa shape index (κ3) is 4.78. The number of nitrogens with one attached hydrogen (secondary N) is 4. The predicted octanol–water partition coefficient (Wildman–Crippen LogP) is 1.13. The molecule has 0 unspecified atom stereocenters. The molecule has 0 aromatic heterocycles. The Bertz CT molecular complexity index is 631. The minimum absolute atomic E-state index is 0.0392. The fraction of sp³-hybridized carbons (Fsp3) is 0.462. The number of amides is 2. The number of nitro groups is 2. The molecule has 11 heteroatoms. The molecule has 0 aliphatic carbocycles. The first-order valence-electron chi connectivity index (χ1n) is 7.41. The van der Waals surface area contributed by atoms with E-state index < -0.39 is 27.3 Å². The molecule has 1 heterocycles. The van der Waals surface area contributed by atoms with Crippen molar-refractivity contribution in [2.24, 2.45) is 5.92 Å². The van der Waals surface area contributed by atoms with E-state index in [0.717, 1.165) is 38.1 Å². The SMILES string of the molecule is O=C(NCC1CCNCC1)NNc1ccc([N+](=O)[O-])cc1[N+](=O)[O-]. The highest BCUT2D eigenvalue weighted by Gasteiger charge is 2.20. The van der Waals surface area contributed by atoms with Crippen molar-refractivity contribution in [3.05, 3.63) is 38.4 Å². The molecule has 1 aliphatic heterocycles. The lowest BCUT2D eigenvalue weighted by Gasteiger charge is -2.22. The molecule has 11 nitrogen and oxygen atoms in total. The smallest absolute Gasteiger partial charge is 0.333 e. The number of non-ortho nitro benzene ring substituents is 1. The summed E-state index contributed by atoms with van der Waals surface area (Å²) in [5, 5.41) is 27.6. The van der Waals surface area contributed by atoms with Crippen LogP contribution in [0.4, 0.5) is 21.9 Å². The van der Waals surface area contributed by atoms with E-state index >= 15 is 0 Å². The van der Waals surface area contributed by atoms with E-state index in [4.69, 9.17) is 0 Å². The van der Waals surface area contributed by atoms with Crippen LogP contribution in [0.25, 0.3) is 0 Å². The van der Waals surface area contributed by atoms with Crippen molar-refractivity contribution in [3.63, 3.8) is 0 Å². The Morgan fingerprint density at radius 1 is 1.21 bits per heavy atom. The number of nitro benzene ring substituents is 2. The molecule has 2 amide bonds. The number of hydrazine groups is 1. The zero-order valence-corrected chi connectivity index (χ0v) is 12.8. The third-order valence-electron chi connectivity index (χ3n) is 3.71. The van der Waals surface area contributed by atoms with Crippen molar-refractivity contribution in [1.29, 1.82) is 0 Å². The van der Waals surface area contributed by atoms with Gasteiger partial charge in [-0.2, -0.15) is 0 Å². The molecule has 4 N–H and O–H groups in total. The number of carbonyl (C=O) groups excluding carboxylic acids is 1. The molecule has 0 spiro atoms. The van der Waals surface area contributed by atoms with Gasteiger partial charge in [0.2, 0.25) is 0 Å². The zero-order valence-electron chi connectivity index (χ0n) is 12.8. The first-order valence-corrected chi connectivity index (χ1v) is 7.41. The van der Waals surface area contributed by atoms with E-state index in [9.17, 15) is 25.0 Å². The van der Waals surface area contributed by atoms with Crippen LogP contribution in [-0.4, -0.2) is 35.5 Å². The van der Waals surface area contributed by atoms with Gasteiger partial charge in [0.15, 0.2) is 0 Å². The Balaban J connectivity index is 1.89. The first kappa shape index (κ1) is 17.4. The van der Waals surface area contributed by atoms with Gasteiger partial charge in [-0.1, -0.05) is 0 Å². The standard InChI is InChI=1S/C13H18N6O5/c20-13(15-8-9-3-5-14-6-4-9)17-16-11-2-1-10(18(21)22)7-12(11)19(23)24/h1-2,7,9,14,16H,3-6,8H2,(H2,15,17,20). The molecule has 2 rings (SSSR count). The van der Waals surface area contributed by atoms with Crippen LogP contribution in [-0.2, 0) is 0 Å². The number of anilines is 1. The second kappa shape index (κ2) is 8.06. The number of hydrogen-bond acceptors (Lipinski definition) is 7. The summed E-state index contributed by atoms with van der Waals surface area (Å²) in [6, 6.07) is 2.59. The average molecular weight is 338 g/mol. The largest absolute Gasteiger partial charge is 0.336 e. The van der Waals surface area contributed by atoms with Crippen LogP contribution in [0, 0.1) is 26.1 Å². The molecular weight excluding hydrogens is 320 g/mol. The number of carbonyl (C=O) groups is 1. The minimum Gasteiger partial charge on any atom is -0.336 e. The Labute approximate surface area is 137 Å². The van der Waals surface area contributed by atoms with Crippen LogP contribution < -0.4 is 21.5 Å². The molecular formula is C13H18N6O5. The zero-order chi connectivity index (χ0) is 17.5. The highest BCUT2D eigenvalue weighted by molar-refractivity contribution is 5.77. The van der Waals surface area contributed by atoms with E-state index in [-0.39, 0.29) is 5.69 Å². The molecule has 1 aromatic rings. The van der Waals surface area contributed by atoms with Gasteiger partial charge < -0.3 is 10.6 Å². The van der Waals surface area contributed by atoms with Gasteiger partial charge >= 0.3 is 11.7 Å². The normalized spacial score (nSPS) is 14.7. The maximum absolute atomic E-state index is 11.7. The van der Waals surface area contributed by atoms with E-state index in [1.54, 1.807) is 0 Å². The van der Waals surface area contributed by atoms with Crippen molar-refractivity contribution >= 4 is 23.1 Å². The van der Waals surface area contributed by atoms with Gasteiger partial charge in [-0.05, 0) is 37.9 Å². The number of nitrogens with zero attached hydrogens (tertiary/aromatic N) is 2. The number of piperidine rings is 1. The highest BCUT2D eigenvalue weighted by Crippen LogP contribution is 2.28. The Kier molecular flexibility index (Phi) is 5.84. The number of benzene rings is 1. The summed E-state index contributed by atoms with van der Waals surface area (Å²) in [4.78, 5) is 31.9. The first-order chi connectivity index (χ1) is 11.5. The van der Waals surface area contributed by atoms with Gasteiger partial charge in [0, 0.05) is 12.6 Å². The van der Waals surface area contributed by atoms with E-state index in [1.807, 2.05) is 0 Å². The Hall–Kier alpha value is -2.95. The fourth-order valence-electron chi connectivity index (χ4n) is 2.38. The molecule has 1 saturated heterocycles. The summed E-state index contributed by atoms with van der Waals surface area (Å²) in [7, 11) is 0. The van der Waals surface area contributed by atoms with E-state index in [1.165, 1.54) is 6.07 Å². The summed E-state index contributed by atoms with van der Waals surface area (Å²) >= 11 is 0. The molecule has 0 radical (unpaired) electrons. The van der Waals surface area contributed by atoms with E-state index in [2.05, 4.69) is 21.5 Å². The van der Waals surface area contributed by atoms with Crippen LogP contribution in [0.2, 0.25) is 0 Å². The number of hydrogen-bond donors (Lipinski definition) is 4. The van der Waals surface area contributed by atoms with Gasteiger partial charge in [0.1, 0.15) is 5.69 Å². The lowest BCUT2D eigenvalue weighted by molar-refractivity contribution is -0.393. The summed E-state index contributed by atoms with van der Waals surface area (Å²) < 4.78 is 0. The van der Waals surface area contributed by atoms with Gasteiger partial charge in [0.25, 0.3) is 5.69 Å². The lowest BCUT2D eigenvalue weighted by atomic mass is 9.98. The Morgan fingerprint density at radius 2 is 1.92 bits per heavy atom. The number of rotatable bonds is 6.